The van der Waals surface area contributed by atoms with Crippen molar-refractivity contribution in [1.29, 1.82) is 0 Å². The van der Waals surface area contributed by atoms with Gasteiger partial charge in [0, 0.05) is 36.1 Å². The molecule has 1 amide bonds. The van der Waals surface area contributed by atoms with Gasteiger partial charge in [-0.15, -0.1) is 0 Å². The Morgan fingerprint density at radius 3 is 2.40 bits per heavy atom. The highest BCUT2D eigenvalue weighted by molar-refractivity contribution is 5.94. The van der Waals surface area contributed by atoms with Crippen molar-refractivity contribution in [1.82, 2.24) is 9.97 Å². The summed E-state index contributed by atoms with van der Waals surface area (Å²) in [6.07, 6.45) is 0.834. The highest BCUT2D eigenvalue weighted by atomic mass is 16.4. The number of nitrogens with zero attached hydrogens (tertiary/aromatic N) is 2. The van der Waals surface area contributed by atoms with Crippen LogP contribution in [0, 0.1) is 13.8 Å². The number of carboxylic acid groups (broad SMARTS) is 1. The Morgan fingerprint density at radius 1 is 1.12 bits per heavy atom. The molecule has 1 heterocycles. The molecule has 4 N–H and O–H groups in total. The van der Waals surface area contributed by atoms with E-state index >= 15 is 0 Å². The molecule has 1 aromatic heterocycles. The maximum Gasteiger partial charge on any atom is 0.339 e. The topological polar surface area (TPSA) is 124 Å². The molecule has 8 nitrogen and oxygen atoms in total. The average molecular weight is 344 g/mol. The van der Waals surface area contributed by atoms with E-state index in [1.807, 2.05) is 19.9 Å². The van der Waals surface area contributed by atoms with Crippen LogP contribution in [0.25, 0.3) is 0 Å². The van der Waals surface area contributed by atoms with Gasteiger partial charge in [-0.05, 0) is 38.5 Å². The maximum absolute atomic E-state index is 11.9. The van der Waals surface area contributed by atoms with E-state index in [0.717, 1.165) is 11.4 Å². The lowest BCUT2D eigenvalue weighted by Gasteiger charge is -2.08. The third-order valence-corrected chi connectivity index (χ3v) is 3.36. The number of hydrogen-bond donors (Lipinski definition) is 4. The lowest BCUT2D eigenvalue weighted by atomic mass is 10.2. The number of aromatic nitrogens is 2. The molecule has 25 heavy (non-hydrogen) atoms. The van der Waals surface area contributed by atoms with Crippen molar-refractivity contribution in [3.05, 3.63) is 41.2 Å². The number of aryl methyl sites for hydroxylation is 2. The number of carbonyl (C=O) groups excluding carboxylic acids is 1. The maximum atomic E-state index is 11.9. The molecule has 0 spiro atoms. The van der Waals surface area contributed by atoms with Gasteiger partial charge in [0.05, 0.1) is 0 Å². The Bertz CT molecular complexity index is 772. The largest absolute Gasteiger partial charge is 0.507 e. The van der Waals surface area contributed by atoms with Gasteiger partial charge in [-0.3, -0.25) is 4.79 Å². The molecule has 0 aliphatic heterocycles. The van der Waals surface area contributed by atoms with Gasteiger partial charge in [0.15, 0.2) is 0 Å². The number of carboxylic acids is 1. The number of rotatable bonds is 7. The van der Waals surface area contributed by atoms with Crippen molar-refractivity contribution in [2.45, 2.75) is 26.7 Å². The van der Waals surface area contributed by atoms with Gasteiger partial charge < -0.3 is 20.8 Å². The fraction of sp³-hybridized carbons (Fsp3) is 0.294. The molecule has 0 saturated heterocycles. The van der Waals surface area contributed by atoms with Crippen LogP contribution < -0.4 is 10.6 Å². The Morgan fingerprint density at radius 2 is 1.80 bits per heavy atom. The van der Waals surface area contributed by atoms with Crippen molar-refractivity contribution in [3.63, 3.8) is 0 Å². The van der Waals surface area contributed by atoms with E-state index in [9.17, 15) is 14.7 Å². The number of amides is 1. The third-order valence-electron chi connectivity index (χ3n) is 3.36. The van der Waals surface area contributed by atoms with Gasteiger partial charge in [0.2, 0.25) is 11.9 Å². The second-order valence-corrected chi connectivity index (χ2v) is 5.59. The van der Waals surface area contributed by atoms with E-state index < -0.39 is 5.97 Å². The lowest BCUT2D eigenvalue weighted by Crippen LogP contribution is -2.14. The van der Waals surface area contributed by atoms with E-state index in [4.69, 9.17) is 5.11 Å². The van der Waals surface area contributed by atoms with Crippen LogP contribution in [0.5, 0.6) is 5.75 Å². The van der Waals surface area contributed by atoms with Crippen LogP contribution >= 0.6 is 0 Å². The number of carbonyl (C=O) groups is 2. The molecule has 2 rings (SSSR count). The Balaban J connectivity index is 1.79. The zero-order valence-corrected chi connectivity index (χ0v) is 14.0. The van der Waals surface area contributed by atoms with Crippen LogP contribution in [0.15, 0.2) is 24.3 Å². The van der Waals surface area contributed by atoms with E-state index in [1.165, 1.54) is 18.2 Å². The number of hydrogen-bond acceptors (Lipinski definition) is 6. The second kappa shape index (κ2) is 8.09. The molecule has 0 aliphatic carbocycles. The molecular weight excluding hydrogens is 324 g/mol. The summed E-state index contributed by atoms with van der Waals surface area (Å²) in [4.78, 5) is 31.2. The van der Waals surface area contributed by atoms with Crippen LogP contribution in [-0.4, -0.2) is 38.6 Å². The Labute approximate surface area is 144 Å². The lowest BCUT2D eigenvalue weighted by molar-refractivity contribution is -0.116. The monoisotopic (exact) mass is 344 g/mol. The van der Waals surface area contributed by atoms with Crippen LogP contribution in [0.4, 0.5) is 11.6 Å². The zero-order chi connectivity index (χ0) is 18.4. The molecule has 0 saturated carbocycles. The first-order chi connectivity index (χ1) is 11.8. The predicted octanol–water partition coefficient (Wildman–Crippen LogP) is 2.33. The minimum absolute atomic E-state index is 0.212. The van der Waals surface area contributed by atoms with Gasteiger partial charge in [0.25, 0.3) is 0 Å². The van der Waals surface area contributed by atoms with Gasteiger partial charge in [-0.2, -0.15) is 0 Å². The first-order valence-corrected chi connectivity index (χ1v) is 7.77. The van der Waals surface area contributed by atoms with Crippen LogP contribution in [-0.2, 0) is 4.79 Å². The molecule has 0 fully saturated rings. The van der Waals surface area contributed by atoms with Crippen molar-refractivity contribution in [3.8, 4) is 5.75 Å². The molecule has 0 aliphatic rings. The number of nitrogens with one attached hydrogen (secondary N) is 2. The molecule has 0 radical (unpaired) electrons. The van der Waals surface area contributed by atoms with E-state index in [1.54, 1.807) is 0 Å². The Hall–Kier alpha value is -3.16. The van der Waals surface area contributed by atoms with Crippen LogP contribution in [0.1, 0.15) is 34.6 Å². The van der Waals surface area contributed by atoms with Gasteiger partial charge in [-0.25, -0.2) is 14.8 Å². The molecule has 1 aromatic carbocycles. The number of phenols is 1. The van der Waals surface area contributed by atoms with Crippen molar-refractivity contribution in [2.75, 3.05) is 17.2 Å². The van der Waals surface area contributed by atoms with Gasteiger partial charge >= 0.3 is 5.97 Å². The highest BCUT2D eigenvalue weighted by Gasteiger charge is 2.11. The standard InChI is InChI=1S/C17H20N4O4/c1-10-8-11(2)20-17(19-10)18-7-3-4-15(23)21-12-5-6-13(16(24)25)14(22)9-12/h5-6,8-9,22H,3-4,7H2,1-2H3,(H,21,23)(H,24,25)(H,18,19,20). The summed E-state index contributed by atoms with van der Waals surface area (Å²) in [6, 6.07) is 5.77. The zero-order valence-electron chi connectivity index (χ0n) is 14.0. The summed E-state index contributed by atoms with van der Waals surface area (Å²) in [5.41, 5.74) is 1.88. The van der Waals surface area contributed by atoms with E-state index in [-0.39, 0.29) is 23.6 Å². The summed E-state index contributed by atoms with van der Waals surface area (Å²) in [5, 5.41) is 24.1. The van der Waals surface area contributed by atoms with Gasteiger partial charge in [0.1, 0.15) is 11.3 Å². The molecule has 8 heteroatoms. The van der Waals surface area contributed by atoms with Crippen molar-refractivity contribution >= 4 is 23.5 Å². The second-order valence-electron chi connectivity index (χ2n) is 5.59. The fourth-order valence-corrected chi connectivity index (χ4v) is 2.27. The quantitative estimate of drug-likeness (QED) is 0.568. The first-order valence-electron chi connectivity index (χ1n) is 7.77. The molecule has 132 valence electrons. The van der Waals surface area contributed by atoms with Gasteiger partial charge in [-0.1, -0.05) is 0 Å². The number of benzene rings is 1. The molecule has 2 aromatic rings. The number of anilines is 2. The Kier molecular flexibility index (Phi) is 5.89. The van der Waals surface area contributed by atoms with E-state index in [2.05, 4.69) is 20.6 Å². The fourth-order valence-electron chi connectivity index (χ4n) is 2.27. The predicted molar refractivity (Wildman–Crippen MR) is 92.9 cm³/mol. The summed E-state index contributed by atoms with van der Waals surface area (Å²) in [6.45, 7) is 4.32. The highest BCUT2D eigenvalue weighted by Crippen LogP contribution is 2.22. The summed E-state index contributed by atoms with van der Waals surface area (Å²) in [5.74, 6) is -1.31. The summed E-state index contributed by atoms with van der Waals surface area (Å²) < 4.78 is 0. The smallest absolute Gasteiger partial charge is 0.339 e. The van der Waals surface area contributed by atoms with Crippen molar-refractivity contribution in [2.24, 2.45) is 0 Å². The molecule has 0 unspecified atom stereocenters. The SMILES string of the molecule is Cc1cc(C)nc(NCCCC(=O)Nc2ccc(C(=O)O)c(O)c2)n1. The minimum Gasteiger partial charge on any atom is -0.507 e. The minimum atomic E-state index is -1.23. The van der Waals surface area contributed by atoms with Crippen LogP contribution in [0.3, 0.4) is 0 Å². The van der Waals surface area contributed by atoms with Crippen LogP contribution in [0.2, 0.25) is 0 Å². The average Bonchev–Trinajstić information content (AvgIpc) is 2.50. The molecule has 0 bridgehead atoms. The van der Waals surface area contributed by atoms with Crippen molar-refractivity contribution < 1.29 is 19.8 Å². The van der Waals surface area contributed by atoms with E-state index in [0.29, 0.717) is 24.6 Å². The normalized spacial score (nSPS) is 10.3. The number of aromatic hydroxyl groups is 1. The molecule has 0 atom stereocenters. The number of aromatic carboxylic acids is 1. The summed E-state index contributed by atoms with van der Waals surface area (Å²) >= 11 is 0. The molecular formula is C17H20N4O4. The third kappa shape index (κ3) is 5.45. The summed E-state index contributed by atoms with van der Waals surface area (Å²) in [7, 11) is 0. The first kappa shape index (κ1) is 18.2.